The van der Waals surface area contributed by atoms with E-state index in [4.69, 9.17) is 0 Å². The van der Waals surface area contributed by atoms with Crippen LogP contribution in [0.25, 0.3) is 0 Å². The molecular weight excluding hydrogens is 188 g/mol. The Morgan fingerprint density at radius 2 is 2.20 bits per heavy atom. The number of aryl methyl sites for hydroxylation is 2. The largest absolute Gasteiger partial charge is 0.222 e. The lowest BCUT2D eigenvalue weighted by molar-refractivity contribution is 0.493. The average molecular weight is 200 g/mol. The van der Waals surface area contributed by atoms with Crippen LogP contribution < -0.4 is 0 Å². The van der Waals surface area contributed by atoms with Crippen molar-refractivity contribution >= 4 is 0 Å². The first kappa shape index (κ1) is 8.59. The highest BCUT2D eigenvalue weighted by Gasteiger charge is 2.25. The average Bonchev–Trinajstić information content (AvgIpc) is 2.83. The molecule has 1 atom stereocenters. The lowest BCUT2D eigenvalue weighted by atomic mass is 10.1. The third-order valence-corrected chi connectivity index (χ3v) is 3.05. The van der Waals surface area contributed by atoms with Crippen LogP contribution in [0.4, 0.5) is 0 Å². The van der Waals surface area contributed by atoms with Crippen LogP contribution >= 0.6 is 0 Å². The summed E-state index contributed by atoms with van der Waals surface area (Å²) in [6.45, 7) is 1.95. The number of nitrogens with zero attached hydrogens (tertiary/aromatic N) is 4. The predicted molar refractivity (Wildman–Crippen MR) is 55.5 cm³/mol. The normalized spacial score (nSPS) is 19.1. The Kier molecular flexibility index (Phi) is 1.80. The summed E-state index contributed by atoms with van der Waals surface area (Å²) in [5, 5.41) is 11.7. The number of hydrogen-bond donors (Lipinski definition) is 0. The molecule has 4 nitrogen and oxygen atoms in total. The minimum absolute atomic E-state index is 0.330. The maximum atomic E-state index is 4.05. The van der Waals surface area contributed by atoms with Crippen molar-refractivity contribution in [2.24, 2.45) is 0 Å². The fraction of sp³-hybridized carbons (Fsp3) is 0.364. The summed E-state index contributed by atoms with van der Waals surface area (Å²) in [7, 11) is 0. The van der Waals surface area contributed by atoms with E-state index in [9.17, 15) is 0 Å². The SMILES string of the molecule is Cc1nnnn1C1CCc2ccccc21. The van der Waals surface area contributed by atoms with Crippen molar-refractivity contribution in [2.75, 3.05) is 0 Å². The van der Waals surface area contributed by atoms with Gasteiger partial charge < -0.3 is 0 Å². The highest BCUT2D eigenvalue weighted by molar-refractivity contribution is 5.34. The fourth-order valence-corrected chi connectivity index (χ4v) is 2.31. The van der Waals surface area contributed by atoms with Crippen molar-refractivity contribution in [1.29, 1.82) is 0 Å². The molecule has 0 N–H and O–H groups in total. The molecule has 0 saturated carbocycles. The first-order valence-electron chi connectivity index (χ1n) is 5.18. The third-order valence-electron chi connectivity index (χ3n) is 3.05. The summed E-state index contributed by atoms with van der Waals surface area (Å²) in [5.74, 6) is 0.886. The van der Waals surface area contributed by atoms with Crippen molar-refractivity contribution in [1.82, 2.24) is 20.2 Å². The van der Waals surface area contributed by atoms with Crippen molar-refractivity contribution in [3.8, 4) is 0 Å². The molecule has 1 aliphatic rings. The maximum absolute atomic E-state index is 4.05. The van der Waals surface area contributed by atoms with Gasteiger partial charge in [-0.15, -0.1) is 5.10 Å². The Balaban J connectivity index is 2.08. The predicted octanol–water partition coefficient (Wildman–Crippen LogP) is 1.52. The lowest BCUT2D eigenvalue weighted by Crippen LogP contribution is -2.10. The fourth-order valence-electron chi connectivity index (χ4n) is 2.31. The Bertz CT molecular complexity index is 489. The molecule has 1 aliphatic carbocycles. The summed E-state index contributed by atoms with van der Waals surface area (Å²) in [4.78, 5) is 0. The van der Waals surface area contributed by atoms with Crippen LogP contribution in [0.15, 0.2) is 24.3 Å². The molecule has 0 bridgehead atoms. The van der Waals surface area contributed by atoms with Gasteiger partial charge in [0.25, 0.3) is 0 Å². The molecule has 1 aromatic heterocycles. The molecule has 2 aromatic rings. The standard InChI is InChI=1S/C11H12N4/c1-8-12-13-14-15(8)11-7-6-9-4-2-3-5-10(9)11/h2-5,11H,6-7H2,1H3. The van der Waals surface area contributed by atoms with Crippen LogP contribution in [0, 0.1) is 6.92 Å². The molecule has 1 unspecified atom stereocenters. The van der Waals surface area contributed by atoms with Crippen LogP contribution in [0.3, 0.4) is 0 Å². The third kappa shape index (κ3) is 1.25. The first-order valence-corrected chi connectivity index (χ1v) is 5.18. The molecular formula is C11H12N4. The Hall–Kier alpha value is -1.71. The maximum Gasteiger partial charge on any atom is 0.148 e. The van der Waals surface area contributed by atoms with Crippen molar-refractivity contribution in [3.63, 3.8) is 0 Å². The zero-order chi connectivity index (χ0) is 10.3. The Morgan fingerprint density at radius 1 is 1.33 bits per heavy atom. The van der Waals surface area contributed by atoms with Gasteiger partial charge in [-0.05, 0) is 41.3 Å². The first-order chi connectivity index (χ1) is 7.36. The van der Waals surface area contributed by atoms with Gasteiger partial charge in [-0.1, -0.05) is 24.3 Å². The zero-order valence-corrected chi connectivity index (χ0v) is 8.59. The van der Waals surface area contributed by atoms with Gasteiger partial charge in [0.15, 0.2) is 0 Å². The van der Waals surface area contributed by atoms with Crippen LogP contribution in [-0.2, 0) is 6.42 Å². The number of tetrazole rings is 1. The van der Waals surface area contributed by atoms with E-state index >= 15 is 0 Å². The molecule has 3 rings (SSSR count). The van der Waals surface area contributed by atoms with E-state index < -0.39 is 0 Å². The molecule has 0 fully saturated rings. The molecule has 0 amide bonds. The van der Waals surface area contributed by atoms with E-state index in [1.54, 1.807) is 0 Å². The summed E-state index contributed by atoms with van der Waals surface area (Å²) in [5.41, 5.74) is 2.80. The molecule has 0 spiro atoms. The van der Waals surface area contributed by atoms with Gasteiger partial charge in [-0.2, -0.15) is 0 Å². The number of hydrogen-bond acceptors (Lipinski definition) is 3. The van der Waals surface area contributed by atoms with Crippen molar-refractivity contribution < 1.29 is 0 Å². The Morgan fingerprint density at radius 3 is 3.00 bits per heavy atom. The van der Waals surface area contributed by atoms with Crippen LogP contribution in [0.1, 0.15) is 29.4 Å². The van der Waals surface area contributed by atoms with E-state index in [-0.39, 0.29) is 0 Å². The van der Waals surface area contributed by atoms with Crippen molar-refractivity contribution in [3.05, 3.63) is 41.2 Å². The van der Waals surface area contributed by atoms with E-state index in [1.807, 2.05) is 11.6 Å². The molecule has 1 aromatic carbocycles. The van der Waals surface area contributed by atoms with E-state index in [1.165, 1.54) is 11.1 Å². The Labute approximate surface area is 87.9 Å². The number of benzene rings is 1. The van der Waals surface area contributed by atoms with E-state index in [0.29, 0.717) is 6.04 Å². The molecule has 4 heteroatoms. The molecule has 76 valence electrons. The second-order valence-electron chi connectivity index (χ2n) is 3.92. The molecule has 15 heavy (non-hydrogen) atoms. The van der Waals surface area contributed by atoms with Gasteiger partial charge in [0, 0.05) is 0 Å². The van der Waals surface area contributed by atoms with Gasteiger partial charge in [-0.3, -0.25) is 0 Å². The minimum Gasteiger partial charge on any atom is -0.222 e. The van der Waals surface area contributed by atoms with E-state index in [2.05, 4.69) is 39.8 Å². The van der Waals surface area contributed by atoms with Gasteiger partial charge >= 0.3 is 0 Å². The van der Waals surface area contributed by atoms with Gasteiger partial charge in [-0.25, -0.2) is 4.68 Å². The highest BCUT2D eigenvalue weighted by atomic mass is 15.5. The van der Waals surface area contributed by atoms with Crippen LogP contribution in [0.2, 0.25) is 0 Å². The molecule has 0 saturated heterocycles. The second-order valence-corrected chi connectivity index (χ2v) is 3.92. The van der Waals surface area contributed by atoms with Crippen molar-refractivity contribution in [2.45, 2.75) is 25.8 Å². The summed E-state index contributed by atoms with van der Waals surface area (Å²) >= 11 is 0. The smallest absolute Gasteiger partial charge is 0.148 e. The van der Waals surface area contributed by atoms with Gasteiger partial charge in [0.05, 0.1) is 6.04 Å². The highest BCUT2D eigenvalue weighted by Crippen LogP contribution is 2.33. The second kappa shape index (κ2) is 3.15. The zero-order valence-electron chi connectivity index (χ0n) is 8.59. The monoisotopic (exact) mass is 200 g/mol. The van der Waals surface area contributed by atoms with E-state index in [0.717, 1.165) is 18.7 Å². The minimum atomic E-state index is 0.330. The number of aromatic nitrogens is 4. The molecule has 1 heterocycles. The summed E-state index contributed by atoms with van der Waals surface area (Å²) < 4.78 is 1.92. The number of rotatable bonds is 1. The summed E-state index contributed by atoms with van der Waals surface area (Å²) in [6.07, 6.45) is 2.23. The summed E-state index contributed by atoms with van der Waals surface area (Å²) in [6, 6.07) is 8.87. The lowest BCUT2D eigenvalue weighted by Gasteiger charge is -2.11. The topological polar surface area (TPSA) is 43.6 Å². The van der Waals surface area contributed by atoms with Crippen LogP contribution in [-0.4, -0.2) is 20.2 Å². The number of fused-ring (bicyclic) bond motifs is 1. The van der Waals surface area contributed by atoms with Gasteiger partial charge in [0.1, 0.15) is 5.82 Å². The van der Waals surface area contributed by atoms with Gasteiger partial charge in [0.2, 0.25) is 0 Å². The molecule has 0 radical (unpaired) electrons. The molecule has 0 aliphatic heterocycles. The van der Waals surface area contributed by atoms with Crippen LogP contribution in [0.5, 0.6) is 0 Å². The quantitative estimate of drug-likeness (QED) is 0.701.